The minimum atomic E-state index is 0.689. The van der Waals surface area contributed by atoms with Crippen molar-refractivity contribution in [2.45, 2.75) is 0 Å². The average Bonchev–Trinajstić information content (AvgIpc) is 2.37. The molecule has 0 aliphatic heterocycles. The van der Waals surface area contributed by atoms with E-state index < -0.39 is 0 Å². The topological polar surface area (TPSA) is 29.1 Å². The van der Waals surface area contributed by atoms with Gasteiger partial charge in [-0.25, -0.2) is 0 Å². The van der Waals surface area contributed by atoms with Crippen LogP contribution in [0.15, 0.2) is 42.5 Å². The molecule has 0 saturated carbocycles. The first-order valence-electron chi connectivity index (χ1n) is 4.09. The summed E-state index contributed by atoms with van der Waals surface area (Å²) in [6, 6.07) is 13.9. The highest BCUT2D eigenvalue weighted by atomic mass is 16.1. The number of amides is 1. The Labute approximate surface area is 76.5 Å². The van der Waals surface area contributed by atoms with E-state index in [0.717, 1.165) is 16.8 Å². The van der Waals surface area contributed by atoms with E-state index in [9.17, 15) is 4.79 Å². The summed E-state index contributed by atoms with van der Waals surface area (Å²) < 4.78 is 0. The summed E-state index contributed by atoms with van der Waals surface area (Å²) in [5.41, 5.74) is 3.11. The molecule has 0 aromatic carbocycles. The molecule has 0 heterocycles. The van der Waals surface area contributed by atoms with Crippen molar-refractivity contribution in [3.8, 4) is 11.1 Å². The fraction of sp³-hybridized carbons (Fsp3) is 0. The number of hydrogen-bond acceptors (Lipinski definition) is 1. The Morgan fingerprint density at radius 1 is 1.00 bits per heavy atom. The Morgan fingerprint density at radius 2 is 1.62 bits per heavy atom. The second-order valence-electron chi connectivity index (χ2n) is 2.83. The number of rotatable bonds is 2. The monoisotopic (exact) mass is 171 g/mol. The number of carbonyl (C=O) groups excluding carboxylic acids is 1. The van der Waals surface area contributed by atoms with E-state index in [1.807, 2.05) is 42.5 Å². The molecule has 13 heavy (non-hydrogen) atoms. The van der Waals surface area contributed by atoms with E-state index in [-0.39, 0.29) is 0 Å². The van der Waals surface area contributed by atoms with Gasteiger partial charge < -0.3 is 5.32 Å². The van der Waals surface area contributed by atoms with Gasteiger partial charge in [0.15, 0.2) is 0 Å². The zero-order valence-electron chi connectivity index (χ0n) is 7.03. The molecule has 2 heteroatoms. The van der Waals surface area contributed by atoms with Crippen LogP contribution in [-0.4, -0.2) is 6.41 Å². The van der Waals surface area contributed by atoms with Crippen molar-refractivity contribution in [2.24, 2.45) is 0 Å². The molecule has 1 amide bonds. The number of hydrogen-bond donors (Lipinski definition) is 1. The minimum Gasteiger partial charge on any atom is -0.329 e. The van der Waals surface area contributed by atoms with Gasteiger partial charge in [-0.3, -0.25) is 4.79 Å². The Hall–Kier alpha value is -1.83. The van der Waals surface area contributed by atoms with Crippen LogP contribution in [0.3, 0.4) is 0 Å². The third-order valence-corrected chi connectivity index (χ3v) is 1.95. The van der Waals surface area contributed by atoms with Crippen molar-refractivity contribution >= 4 is 12.1 Å². The Balaban J connectivity index is 2.50. The van der Waals surface area contributed by atoms with Crippen molar-refractivity contribution in [1.29, 1.82) is 0 Å². The second kappa shape index (κ2) is 3.27. The van der Waals surface area contributed by atoms with Gasteiger partial charge in [-0.1, -0.05) is 30.3 Å². The smallest absolute Gasteiger partial charge is 0.211 e. The number of fused-ring (bicyclic) bond motifs is 1. The molecule has 1 N–H and O–H groups in total. The van der Waals surface area contributed by atoms with Crippen molar-refractivity contribution in [2.75, 3.05) is 5.32 Å². The third-order valence-electron chi connectivity index (χ3n) is 1.95. The van der Waals surface area contributed by atoms with Crippen molar-refractivity contribution < 1.29 is 4.79 Å². The molecule has 0 radical (unpaired) electrons. The summed E-state index contributed by atoms with van der Waals surface area (Å²) in [5, 5.41) is 2.63. The van der Waals surface area contributed by atoms with Crippen LogP contribution in [0.5, 0.6) is 0 Å². The van der Waals surface area contributed by atoms with Gasteiger partial charge in [-0.05, 0) is 23.3 Å². The number of carbonyl (C=O) groups is 1. The summed E-state index contributed by atoms with van der Waals surface area (Å²) >= 11 is 0. The lowest BCUT2D eigenvalue weighted by Gasteiger charge is -1.86. The maximum atomic E-state index is 10.2. The fourth-order valence-electron chi connectivity index (χ4n) is 1.37. The first kappa shape index (κ1) is 7.80. The zero-order chi connectivity index (χ0) is 9.10. The molecule has 0 atom stereocenters. The largest absolute Gasteiger partial charge is 0.329 e. The molecular weight excluding hydrogens is 162 g/mol. The Bertz CT molecular complexity index is 367. The van der Waals surface area contributed by atoms with Crippen LogP contribution in [0.2, 0.25) is 0 Å². The van der Waals surface area contributed by atoms with Crippen LogP contribution < -0.4 is 5.32 Å². The normalized spacial score (nSPS) is 9.85. The highest BCUT2D eigenvalue weighted by Crippen LogP contribution is 2.27. The van der Waals surface area contributed by atoms with E-state index in [2.05, 4.69) is 5.32 Å². The molecule has 0 fully saturated rings. The predicted molar refractivity (Wildman–Crippen MR) is 52.8 cm³/mol. The van der Waals surface area contributed by atoms with Gasteiger partial charge in [0.2, 0.25) is 6.41 Å². The molecule has 0 aromatic rings. The maximum Gasteiger partial charge on any atom is 0.211 e. The van der Waals surface area contributed by atoms with E-state index in [1.54, 1.807) is 0 Å². The van der Waals surface area contributed by atoms with Crippen LogP contribution in [0.4, 0.5) is 5.69 Å². The SMILES string of the molecule is O=CNc1cc2cccccc-2c1. The van der Waals surface area contributed by atoms with Crippen molar-refractivity contribution in [1.82, 2.24) is 0 Å². The molecule has 0 saturated heterocycles. The molecule has 0 unspecified atom stereocenters. The van der Waals surface area contributed by atoms with Crippen LogP contribution in [-0.2, 0) is 4.79 Å². The van der Waals surface area contributed by atoms with E-state index in [1.165, 1.54) is 0 Å². The first-order valence-corrected chi connectivity index (χ1v) is 4.09. The Kier molecular flexibility index (Phi) is 1.96. The molecule has 2 aliphatic rings. The fourth-order valence-corrected chi connectivity index (χ4v) is 1.37. The van der Waals surface area contributed by atoms with Crippen LogP contribution >= 0.6 is 0 Å². The van der Waals surface area contributed by atoms with Crippen LogP contribution in [0, 0.1) is 0 Å². The van der Waals surface area contributed by atoms with Crippen LogP contribution in [0.25, 0.3) is 11.1 Å². The minimum absolute atomic E-state index is 0.689. The van der Waals surface area contributed by atoms with Gasteiger partial charge in [0.05, 0.1) is 0 Å². The maximum absolute atomic E-state index is 10.2. The summed E-state index contributed by atoms with van der Waals surface area (Å²) in [4.78, 5) is 10.2. The highest BCUT2D eigenvalue weighted by Gasteiger charge is 2.02. The molecular formula is C11H9NO. The molecule has 2 aliphatic carbocycles. The van der Waals surface area contributed by atoms with Gasteiger partial charge in [0.1, 0.15) is 0 Å². The average molecular weight is 171 g/mol. The molecule has 0 bridgehead atoms. The standard InChI is InChI=1S/C11H9NO/c13-8-12-11-6-9-4-2-1-3-5-10(9)7-11/h1-8H,(H,12,13). The number of anilines is 1. The molecule has 64 valence electrons. The van der Waals surface area contributed by atoms with E-state index >= 15 is 0 Å². The predicted octanol–water partition coefficient (Wildman–Crippen LogP) is 2.36. The highest BCUT2D eigenvalue weighted by molar-refractivity contribution is 5.81. The van der Waals surface area contributed by atoms with Gasteiger partial charge in [0, 0.05) is 5.69 Å². The van der Waals surface area contributed by atoms with Crippen molar-refractivity contribution in [3.63, 3.8) is 0 Å². The Morgan fingerprint density at radius 3 is 2.15 bits per heavy atom. The summed E-state index contributed by atoms with van der Waals surface area (Å²) in [6.07, 6.45) is 0.689. The lowest BCUT2D eigenvalue weighted by Crippen LogP contribution is -1.89. The van der Waals surface area contributed by atoms with Gasteiger partial charge in [0.25, 0.3) is 0 Å². The lowest BCUT2D eigenvalue weighted by molar-refractivity contribution is -0.105. The lowest BCUT2D eigenvalue weighted by atomic mass is 10.2. The van der Waals surface area contributed by atoms with Crippen LogP contribution in [0.1, 0.15) is 0 Å². The summed E-state index contributed by atoms with van der Waals surface area (Å²) in [5.74, 6) is 0. The molecule has 0 aromatic heterocycles. The first-order chi connectivity index (χ1) is 6.40. The second-order valence-corrected chi connectivity index (χ2v) is 2.83. The van der Waals surface area contributed by atoms with E-state index in [0.29, 0.717) is 6.41 Å². The van der Waals surface area contributed by atoms with Crippen molar-refractivity contribution in [3.05, 3.63) is 42.5 Å². The third kappa shape index (κ3) is 1.51. The summed E-state index contributed by atoms with van der Waals surface area (Å²) in [6.45, 7) is 0. The molecule has 0 spiro atoms. The molecule has 2 rings (SSSR count). The van der Waals surface area contributed by atoms with Gasteiger partial charge in [-0.2, -0.15) is 0 Å². The quantitative estimate of drug-likeness (QED) is 0.690. The number of nitrogens with one attached hydrogen (secondary N) is 1. The van der Waals surface area contributed by atoms with E-state index in [4.69, 9.17) is 0 Å². The zero-order valence-corrected chi connectivity index (χ0v) is 7.03. The van der Waals surface area contributed by atoms with Gasteiger partial charge in [-0.15, -0.1) is 0 Å². The summed E-state index contributed by atoms with van der Waals surface area (Å²) in [7, 11) is 0. The van der Waals surface area contributed by atoms with Gasteiger partial charge >= 0.3 is 0 Å². The molecule has 2 nitrogen and oxygen atoms in total.